The highest BCUT2D eigenvalue weighted by molar-refractivity contribution is 9.10. The van der Waals surface area contributed by atoms with Crippen molar-refractivity contribution in [2.24, 2.45) is 5.10 Å². The van der Waals surface area contributed by atoms with Crippen LogP contribution in [0.15, 0.2) is 93.2 Å². The van der Waals surface area contributed by atoms with E-state index in [0.29, 0.717) is 34.1 Å². The highest BCUT2D eigenvalue weighted by Gasteiger charge is 2.18. The third-order valence-electron chi connectivity index (χ3n) is 6.81. The number of rotatable bonds is 8. The molecule has 0 aliphatic carbocycles. The van der Waals surface area contributed by atoms with Crippen molar-refractivity contribution in [1.82, 2.24) is 9.66 Å². The van der Waals surface area contributed by atoms with Gasteiger partial charge in [0.2, 0.25) is 0 Å². The highest BCUT2D eigenvalue weighted by atomic mass is 79.9. The first-order valence-corrected chi connectivity index (χ1v) is 14.3. The van der Waals surface area contributed by atoms with E-state index in [4.69, 9.17) is 26.1 Å². The minimum atomic E-state index is -0.248. The van der Waals surface area contributed by atoms with Gasteiger partial charge < -0.3 is 9.47 Å². The molecular formula is C33H29BrClN3O3. The van der Waals surface area contributed by atoms with Gasteiger partial charge in [0.05, 0.1) is 28.7 Å². The van der Waals surface area contributed by atoms with Gasteiger partial charge in [0.15, 0.2) is 5.82 Å². The molecule has 0 unspecified atom stereocenters. The van der Waals surface area contributed by atoms with Crippen molar-refractivity contribution in [3.63, 3.8) is 0 Å². The van der Waals surface area contributed by atoms with Crippen LogP contribution in [0, 0.1) is 6.92 Å². The summed E-state index contributed by atoms with van der Waals surface area (Å²) in [6, 6.07) is 24.5. The molecule has 0 radical (unpaired) electrons. The van der Waals surface area contributed by atoms with Gasteiger partial charge in [-0.3, -0.25) is 4.79 Å². The van der Waals surface area contributed by atoms with E-state index in [-0.39, 0.29) is 11.5 Å². The molecule has 6 nitrogen and oxygen atoms in total. The quantitative estimate of drug-likeness (QED) is 0.162. The first kappa shape index (κ1) is 28.6. The van der Waals surface area contributed by atoms with Crippen molar-refractivity contribution in [3.8, 4) is 22.9 Å². The molecule has 0 saturated heterocycles. The standard InChI is InChI=1S/C33H29BrClN3O3/c1-20(2)25-17-26(21(3)15-31(25)40-4)32-37-29-12-8-6-10-24(29)33(39)38(32)36-18-22-13-14-30(27(34)16-22)41-19-23-9-5-7-11-28(23)35/h5-18,20H,19H2,1-4H3. The highest BCUT2D eigenvalue weighted by Crippen LogP contribution is 2.34. The maximum Gasteiger partial charge on any atom is 0.282 e. The number of nitrogens with zero attached hydrogens (tertiary/aromatic N) is 3. The zero-order chi connectivity index (χ0) is 29.1. The molecule has 0 amide bonds. The van der Waals surface area contributed by atoms with Crippen LogP contribution in [-0.2, 0) is 6.61 Å². The van der Waals surface area contributed by atoms with E-state index in [0.717, 1.165) is 38.0 Å². The number of ether oxygens (including phenoxy) is 2. The summed E-state index contributed by atoms with van der Waals surface area (Å²) in [5.74, 6) is 2.15. The van der Waals surface area contributed by atoms with E-state index >= 15 is 0 Å². The Bertz CT molecular complexity index is 1830. The van der Waals surface area contributed by atoms with Gasteiger partial charge >= 0.3 is 0 Å². The van der Waals surface area contributed by atoms with Gasteiger partial charge in [0, 0.05) is 16.1 Å². The van der Waals surface area contributed by atoms with E-state index in [1.807, 2.05) is 79.7 Å². The van der Waals surface area contributed by atoms with Crippen molar-refractivity contribution in [2.75, 3.05) is 7.11 Å². The molecule has 4 aromatic carbocycles. The number of fused-ring (bicyclic) bond motifs is 1. The van der Waals surface area contributed by atoms with E-state index in [2.05, 4.69) is 34.9 Å². The zero-order valence-electron chi connectivity index (χ0n) is 23.2. The van der Waals surface area contributed by atoms with Crippen LogP contribution in [0.3, 0.4) is 0 Å². The van der Waals surface area contributed by atoms with Crippen LogP contribution in [-0.4, -0.2) is 23.0 Å². The third-order valence-corrected chi connectivity index (χ3v) is 7.80. The van der Waals surface area contributed by atoms with E-state index in [1.165, 1.54) is 4.68 Å². The lowest BCUT2D eigenvalue weighted by Crippen LogP contribution is -2.20. The second kappa shape index (κ2) is 12.3. The molecule has 0 aliphatic rings. The largest absolute Gasteiger partial charge is 0.496 e. The molecule has 0 atom stereocenters. The van der Waals surface area contributed by atoms with Crippen LogP contribution in [0.1, 0.15) is 42.0 Å². The Hall–Kier alpha value is -3.94. The summed E-state index contributed by atoms with van der Waals surface area (Å²) < 4.78 is 13.7. The van der Waals surface area contributed by atoms with Crippen molar-refractivity contribution in [1.29, 1.82) is 0 Å². The van der Waals surface area contributed by atoms with E-state index in [9.17, 15) is 4.79 Å². The molecule has 1 heterocycles. The van der Waals surface area contributed by atoms with Crippen molar-refractivity contribution in [2.45, 2.75) is 33.3 Å². The Balaban J connectivity index is 1.54. The topological polar surface area (TPSA) is 65.7 Å². The Morgan fingerprint density at radius 3 is 2.51 bits per heavy atom. The van der Waals surface area contributed by atoms with Crippen LogP contribution in [0.5, 0.6) is 11.5 Å². The summed E-state index contributed by atoms with van der Waals surface area (Å²) >= 11 is 9.86. The number of aromatic nitrogens is 2. The first-order valence-electron chi connectivity index (χ1n) is 13.2. The Morgan fingerprint density at radius 1 is 1.02 bits per heavy atom. The lowest BCUT2D eigenvalue weighted by molar-refractivity contribution is 0.304. The molecule has 5 aromatic rings. The predicted molar refractivity (Wildman–Crippen MR) is 170 cm³/mol. The fourth-order valence-electron chi connectivity index (χ4n) is 4.58. The number of para-hydroxylation sites is 1. The summed E-state index contributed by atoms with van der Waals surface area (Å²) in [4.78, 5) is 18.6. The van der Waals surface area contributed by atoms with Gasteiger partial charge in [0.25, 0.3) is 5.56 Å². The number of methoxy groups -OCH3 is 1. The Kier molecular flexibility index (Phi) is 8.57. The first-order chi connectivity index (χ1) is 19.8. The molecule has 1 aromatic heterocycles. The van der Waals surface area contributed by atoms with E-state index < -0.39 is 0 Å². The van der Waals surface area contributed by atoms with Crippen molar-refractivity contribution < 1.29 is 9.47 Å². The summed E-state index contributed by atoms with van der Waals surface area (Å²) in [6.07, 6.45) is 1.65. The molecule has 0 aliphatic heterocycles. The lowest BCUT2D eigenvalue weighted by Gasteiger charge is -2.17. The van der Waals surface area contributed by atoms with Crippen molar-refractivity contribution >= 4 is 44.6 Å². The monoisotopic (exact) mass is 629 g/mol. The number of benzene rings is 4. The number of hydrogen-bond donors (Lipinski definition) is 0. The maximum absolute atomic E-state index is 13.7. The molecular weight excluding hydrogens is 602 g/mol. The smallest absolute Gasteiger partial charge is 0.282 e. The fourth-order valence-corrected chi connectivity index (χ4v) is 5.28. The summed E-state index contributed by atoms with van der Waals surface area (Å²) in [5.41, 5.74) is 4.82. The summed E-state index contributed by atoms with van der Waals surface area (Å²) in [6.45, 7) is 6.54. The molecule has 41 heavy (non-hydrogen) atoms. The van der Waals surface area contributed by atoms with Gasteiger partial charge in [-0.2, -0.15) is 9.78 Å². The summed E-state index contributed by atoms with van der Waals surface area (Å²) in [7, 11) is 1.67. The predicted octanol–water partition coefficient (Wildman–Crippen LogP) is 8.38. The van der Waals surface area contributed by atoms with Gasteiger partial charge in [-0.1, -0.05) is 55.8 Å². The molecule has 0 saturated carbocycles. The van der Waals surface area contributed by atoms with Crippen LogP contribution in [0.4, 0.5) is 0 Å². The van der Waals surface area contributed by atoms with Crippen LogP contribution in [0.2, 0.25) is 5.02 Å². The second-order valence-corrected chi connectivity index (χ2v) is 11.2. The number of halogens is 2. The van der Waals surface area contributed by atoms with Crippen LogP contribution < -0.4 is 15.0 Å². The average Bonchev–Trinajstić information content (AvgIpc) is 2.96. The average molecular weight is 631 g/mol. The number of hydrogen-bond acceptors (Lipinski definition) is 5. The molecule has 208 valence electrons. The molecule has 0 N–H and O–H groups in total. The minimum absolute atomic E-state index is 0.212. The maximum atomic E-state index is 13.7. The molecule has 5 rings (SSSR count). The molecule has 8 heteroatoms. The van der Waals surface area contributed by atoms with Gasteiger partial charge in [-0.05, 0) is 94.0 Å². The van der Waals surface area contributed by atoms with E-state index in [1.54, 1.807) is 19.4 Å². The molecule has 0 bridgehead atoms. The normalized spacial score (nSPS) is 11.5. The van der Waals surface area contributed by atoms with Gasteiger partial charge in [-0.25, -0.2) is 4.98 Å². The van der Waals surface area contributed by atoms with Crippen LogP contribution >= 0.6 is 27.5 Å². The van der Waals surface area contributed by atoms with Gasteiger partial charge in [-0.15, -0.1) is 0 Å². The minimum Gasteiger partial charge on any atom is -0.496 e. The Morgan fingerprint density at radius 2 is 1.78 bits per heavy atom. The SMILES string of the molecule is COc1cc(C)c(-c2nc3ccccc3c(=O)n2N=Cc2ccc(OCc3ccccc3Cl)c(Br)c2)cc1C(C)C. The third kappa shape index (κ3) is 6.06. The van der Waals surface area contributed by atoms with Crippen molar-refractivity contribution in [3.05, 3.63) is 121 Å². The number of aryl methyl sites for hydroxylation is 1. The van der Waals surface area contributed by atoms with Gasteiger partial charge in [0.1, 0.15) is 18.1 Å². The summed E-state index contributed by atoms with van der Waals surface area (Å²) in [5, 5.41) is 5.79. The molecule has 0 spiro atoms. The Labute approximate surface area is 252 Å². The fraction of sp³-hybridized carbons (Fsp3) is 0.182. The zero-order valence-corrected chi connectivity index (χ0v) is 25.5. The van der Waals surface area contributed by atoms with Crippen LogP contribution in [0.25, 0.3) is 22.3 Å². The molecule has 0 fully saturated rings. The lowest BCUT2D eigenvalue weighted by atomic mass is 9.96. The second-order valence-electron chi connectivity index (χ2n) is 9.95.